The van der Waals surface area contributed by atoms with Crippen LogP contribution in [0.5, 0.6) is 0 Å². The number of nitrogens with zero attached hydrogens (tertiary/aromatic N) is 1. The standard InChI is InChI=1S/C20H21NO4/c1-2-23-19(22)17(11-10-15-7-5-6-12-21-15)16-8-3-4-9-18(16)20-24-13-14-25-20/h3-9,11-12,20H,2,10,13-14H2,1H3/b17-11-. The molecule has 2 aromatic rings. The maximum absolute atomic E-state index is 12.5. The van der Waals surface area contributed by atoms with Crippen LogP contribution < -0.4 is 0 Å². The van der Waals surface area contributed by atoms with Gasteiger partial charge in [-0.05, 0) is 24.6 Å². The number of hydrogen-bond donors (Lipinski definition) is 0. The third-order valence-corrected chi connectivity index (χ3v) is 3.86. The summed E-state index contributed by atoms with van der Waals surface area (Å²) in [6.45, 7) is 3.21. The zero-order chi connectivity index (χ0) is 17.5. The number of hydrogen-bond acceptors (Lipinski definition) is 5. The second kappa shape index (κ2) is 8.55. The summed E-state index contributed by atoms with van der Waals surface area (Å²) in [5, 5.41) is 0. The van der Waals surface area contributed by atoms with Gasteiger partial charge >= 0.3 is 5.97 Å². The van der Waals surface area contributed by atoms with Gasteiger partial charge in [-0.25, -0.2) is 4.79 Å². The van der Waals surface area contributed by atoms with E-state index < -0.39 is 6.29 Å². The predicted octanol–water partition coefficient (Wildman–Crippen LogP) is 3.32. The Hall–Kier alpha value is -2.50. The molecule has 0 bridgehead atoms. The van der Waals surface area contributed by atoms with Crippen molar-refractivity contribution in [2.24, 2.45) is 0 Å². The molecule has 0 radical (unpaired) electrons. The van der Waals surface area contributed by atoms with Gasteiger partial charge < -0.3 is 14.2 Å². The van der Waals surface area contributed by atoms with E-state index in [2.05, 4.69) is 4.98 Å². The number of ether oxygens (including phenoxy) is 3. The van der Waals surface area contributed by atoms with E-state index in [1.807, 2.05) is 48.5 Å². The lowest BCUT2D eigenvalue weighted by molar-refractivity contribution is -0.136. The molecule has 1 saturated heterocycles. The second-order valence-electron chi connectivity index (χ2n) is 5.52. The van der Waals surface area contributed by atoms with Crippen molar-refractivity contribution in [3.8, 4) is 0 Å². The Balaban J connectivity index is 1.95. The first-order valence-electron chi connectivity index (χ1n) is 8.39. The Kier molecular flexibility index (Phi) is 5.93. The molecule has 1 aliphatic heterocycles. The van der Waals surface area contributed by atoms with E-state index in [9.17, 15) is 4.79 Å². The van der Waals surface area contributed by atoms with Crippen LogP contribution in [0.2, 0.25) is 0 Å². The van der Waals surface area contributed by atoms with Crippen LogP contribution in [-0.4, -0.2) is 30.8 Å². The Bertz CT molecular complexity index is 736. The summed E-state index contributed by atoms with van der Waals surface area (Å²) in [5.41, 5.74) is 2.99. The molecule has 1 aromatic carbocycles. The minimum atomic E-state index is -0.455. The lowest BCUT2D eigenvalue weighted by Crippen LogP contribution is -2.11. The van der Waals surface area contributed by atoms with Crippen molar-refractivity contribution in [2.75, 3.05) is 19.8 Å². The zero-order valence-electron chi connectivity index (χ0n) is 14.2. The normalized spacial score (nSPS) is 15.3. The van der Waals surface area contributed by atoms with Crippen molar-refractivity contribution < 1.29 is 19.0 Å². The lowest BCUT2D eigenvalue weighted by atomic mass is 9.98. The van der Waals surface area contributed by atoms with Crippen LogP contribution in [0.3, 0.4) is 0 Å². The molecule has 25 heavy (non-hydrogen) atoms. The summed E-state index contributed by atoms with van der Waals surface area (Å²) >= 11 is 0. The molecule has 2 heterocycles. The summed E-state index contributed by atoms with van der Waals surface area (Å²) < 4.78 is 16.5. The van der Waals surface area contributed by atoms with Crippen molar-refractivity contribution in [1.29, 1.82) is 0 Å². The predicted molar refractivity (Wildman–Crippen MR) is 93.6 cm³/mol. The Morgan fingerprint density at radius 2 is 1.96 bits per heavy atom. The molecule has 0 unspecified atom stereocenters. The Labute approximate surface area is 147 Å². The average Bonchev–Trinajstić information content (AvgIpc) is 3.18. The first kappa shape index (κ1) is 17.3. The van der Waals surface area contributed by atoms with Gasteiger partial charge in [0.25, 0.3) is 0 Å². The fraction of sp³-hybridized carbons (Fsp3) is 0.300. The van der Waals surface area contributed by atoms with Crippen LogP contribution in [0, 0.1) is 0 Å². The molecule has 1 aliphatic rings. The van der Waals surface area contributed by atoms with Gasteiger partial charge in [-0.1, -0.05) is 36.4 Å². The summed E-state index contributed by atoms with van der Waals surface area (Å²) in [6.07, 6.45) is 3.68. The third kappa shape index (κ3) is 4.32. The van der Waals surface area contributed by atoms with Crippen molar-refractivity contribution in [3.05, 3.63) is 71.6 Å². The number of esters is 1. The van der Waals surface area contributed by atoms with E-state index in [1.165, 1.54) is 0 Å². The van der Waals surface area contributed by atoms with Crippen molar-refractivity contribution in [2.45, 2.75) is 19.6 Å². The summed E-state index contributed by atoms with van der Waals surface area (Å²) in [4.78, 5) is 16.8. The van der Waals surface area contributed by atoms with Gasteiger partial charge in [0.15, 0.2) is 6.29 Å². The fourth-order valence-electron chi connectivity index (χ4n) is 2.72. The molecule has 0 aliphatic carbocycles. The van der Waals surface area contributed by atoms with E-state index in [0.29, 0.717) is 31.8 Å². The first-order chi connectivity index (χ1) is 12.3. The van der Waals surface area contributed by atoms with Crippen LogP contribution in [0.1, 0.15) is 30.0 Å². The van der Waals surface area contributed by atoms with Gasteiger partial charge in [0.05, 0.1) is 25.4 Å². The number of benzene rings is 1. The highest BCUT2D eigenvalue weighted by Crippen LogP contribution is 2.31. The highest BCUT2D eigenvalue weighted by molar-refractivity contribution is 6.17. The molecule has 1 fully saturated rings. The topological polar surface area (TPSA) is 57.7 Å². The number of rotatable bonds is 6. The van der Waals surface area contributed by atoms with Crippen LogP contribution in [-0.2, 0) is 25.4 Å². The van der Waals surface area contributed by atoms with Crippen LogP contribution >= 0.6 is 0 Å². The van der Waals surface area contributed by atoms with Crippen molar-refractivity contribution in [1.82, 2.24) is 4.98 Å². The third-order valence-electron chi connectivity index (χ3n) is 3.86. The zero-order valence-corrected chi connectivity index (χ0v) is 14.2. The van der Waals surface area contributed by atoms with E-state index in [4.69, 9.17) is 14.2 Å². The monoisotopic (exact) mass is 339 g/mol. The summed E-state index contributed by atoms with van der Waals surface area (Å²) in [5.74, 6) is -0.358. The first-order valence-corrected chi connectivity index (χ1v) is 8.39. The van der Waals surface area contributed by atoms with Gasteiger partial charge in [-0.15, -0.1) is 0 Å². The molecule has 0 saturated carbocycles. The lowest BCUT2D eigenvalue weighted by Gasteiger charge is -2.16. The molecular formula is C20H21NO4. The minimum Gasteiger partial charge on any atom is -0.462 e. The van der Waals surface area contributed by atoms with Crippen LogP contribution in [0.15, 0.2) is 54.7 Å². The molecule has 130 valence electrons. The largest absolute Gasteiger partial charge is 0.462 e. The molecular weight excluding hydrogens is 318 g/mol. The van der Waals surface area contributed by atoms with Gasteiger partial charge in [0.2, 0.25) is 0 Å². The van der Waals surface area contributed by atoms with E-state index in [1.54, 1.807) is 13.1 Å². The second-order valence-corrected chi connectivity index (χ2v) is 5.52. The van der Waals surface area contributed by atoms with E-state index in [0.717, 1.165) is 16.8 Å². The SMILES string of the molecule is CCOC(=O)/C(=C\Cc1ccccn1)c1ccccc1C1OCCO1. The molecule has 1 aromatic heterocycles. The van der Waals surface area contributed by atoms with Crippen molar-refractivity contribution >= 4 is 11.5 Å². The van der Waals surface area contributed by atoms with Gasteiger partial charge in [0, 0.05) is 23.9 Å². The summed E-state index contributed by atoms with van der Waals surface area (Å²) in [7, 11) is 0. The van der Waals surface area contributed by atoms with Gasteiger partial charge in [-0.2, -0.15) is 0 Å². The molecule has 0 N–H and O–H groups in total. The molecule has 0 atom stereocenters. The number of pyridine rings is 1. The number of carbonyl (C=O) groups excluding carboxylic acids is 1. The Morgan fingerprint density at radius 1 is 1.20 bits per heavy atom. The molecule has 0 amide bonds. The molecule has 5 nitrogen and oxygen atoms in total. The maximum Gasteiger partial charge on any atom is 0.338 e. The minimum absolute atomic E-state index is 0.318. The van der Waals surface area contributed by atoms with Crippen LogP contribution in [0.25, 0.3) is 5.57 Å². The van der Waals surface area contributed by atoms with E-state index in [-0.39, 0.29) is 5.97 Å². The average molecular weight is 339 g/mol. The number of allylic oxidation sites excluding steroid dienone is 1. The smallest absolute Gasteiger partial charge is 0.338 e. The van der Waals surface area contributed by atoms with Gasteiger partial charge in [-0.3, -0.25) is 4.98 Å². The van der Waals surface area contributed by atoms with E-state index >= 15 is 0 Å². The number of aromatic nitrogens is 1. The highest BCUT2D eigenvalue weighted by Gasteiger charge is 2.25. The molecule has 5 heteroatoms. The quantitative estimate of drug-likeness (QED) is 0.597. The highest BCUT2D eigenvalue weighted by atomic mass is 16.7. The molecule has 0 spiro atoms. The number of carbonyl (C=O) groups is 1. The molecule has 3 rings (SSSR count). The Morgan fingerprint density at radius 3 is 2.68 bits per heavy atom. The van der Waals surface area contributed by atoms with Crippen LogP contribution in [0.4, 0.5) is 0 Å². The van der Waals surface area contributed by atoms with Crippen molar-refractivity contribution in [3.63, 3.8) is 0 Å². The maximum atomic E-state index is 12.5. The fourth-order valence-corrected chi connectivity index (χ4v) is 2.72. The van der Waals surface area contributed by atoms with Gasteiger partial charge in [0.1, 0.15) is 0 Å². The summed E-state index contributed by atoms with van der Waals surface area (Å²) in [6, 6.07) is 13.3.